The van der Waals surface area contributed by atoms with Crippen molar-refractivity contribution in [2.45, 2.75) is 23.9 Å². The molecule has 4 nitrogen and oxygen atoms in total. The minimum Gasteiger partial charge on any atom is -0.263 e. The molecule has 0 amide bonds. The van der Waals surface area contributed by atoms with Crippen LogP contribution in [0, 0.1) is 5.92 Å². The highest BCUT2D eigenvalue weighted by atomic mass is 35.5. The Morgan fingerprint density at radius 3 is 2.40 bits per heavy atom. The van der Waals surface area contributed by atoms with Crippen LogP contribution < -0.4 is 0 Å². The topological polar surface area (TPSA) is 50.3 Å². The molecule has 1 aromatic heterocycles. The molecule has 20 heavy (non-hydrogen) atoms. The Morgan fingerprint density at radius 1 is 1.30 bits per heavy atom. The summed E-state index contributed by atoms with van der Waals surface area (Å²) in [6.07, 6.45) is -2.30. The van der Waals surface area contributed by atoms with Crippen molar-refractivity contribution in [1.29, 1.82) is 0 Å². The number of sulfonamides is 1. The van der Waals surface area contributed by atoms with E-state index in [4.69, 9.17) is 11.6 Å². The first-order chi connectivity index (χ1) is 9.23. The minimum atomic E-state index is -4.28. The average Bonchev–Trinajstić information content (AvgIpc) is 2.38. The van der Waals surface area contributed by atoms with Crippen LogP contribution in [-0.4, -0.2) is 37.0 Å². The first-order valence-corrected chi connectivity index (χ1v) is 7.71. The normalized spacial score (nSPS) is 19.2. The quantitative estimate of drug-likeness (QED) is 0.838. The number of hydrogen-bond donors (Lipinski definition) is 0. The van der Waals surface area contributed by atoms with Crippen LogP contribution in [0.1, 0.15) is 12.8 Å². The lowest BCUT2D eigenvalue weighted by Gasteiger charge is -2.32. The van der Waals surface area contributed by atoms with Crippen LogP contribution in [0.25, 0.3) is 0 Å². The first kappa shape index (κ1) is 15.5. The number of halogens is 4. The van der Waals surface area contributed by atoms with E-state index in [0.29, 0.717) is 0 Å². The summed E-state index contributed by atoms with van der Waals surface area (Å²) in [5, 5.41) is 0.0120. The molecule has 0 aromatic carbocycles. The fourth-order valence-corrected chi connectivity index (χ4v) is 3.99. The van der Waals surface area contributed by atoms with E-state index < -0.39 is 22.1 Å². The summed E-state index contributed by atoms with van der Waals surface area (Å²) in [7, 11) is -3.89. The molecule has 112 valence electrons. The summed E-state index contributed by atoms with van der Waals surface area (Å²) in [4.78, 5) is 3.52. The Kier molecular flexibility index (Phi) is 4.27. The third-order valence-corrected chi connectivity index (χ3v) is 5.64. The molecule has 1 aromatic rings. The van der Waals surface area contributed by atoms with Gasteiger partial charge in [-0.15, -0.1) is 0 Å². The van der Waals surface area contributed by atoms with Crippen molar-refractivity contribution in [3.05, 3.63) is 23.5 Å². The summed E-state index contributed by atoms with van der Waals surface area (Å²) >= 11 is 5.80. The molecular formula is C11H12ClF3N2O2S. The molecule has 0 spiro atoms. The van der Waals surface area contributed by atoms with E-state index in [2.05, 4.69) is 4.98 Å². The fourth-order valence-electron chi connectivity index (χ4n) is 2.12. The second kappa shape index (κ2) is 5.50. The Morgan fingerprint density at radius 2 is 1.90 bits per heavy atom. The Labute approximate surface area is 119 Å². The molecule has 9 heteroatoms. The summed E-state index contributed by atoms with van der Waals surface area (Å²) in [6.45, 7) is -0.338. The minimum absolute atomic E-state index is 0.0120. The molecule has 0 N–H and O–H groups in total. The van der Waals surface area contributed by atoms with Gasteiger partial charge in [-0.2, -0.15) is 17.5 Å². The summed E-state index contributed by atoms with van der Waals surface area (Å²) < 4.78 is 63.3. The molecule has 1 aliphatic heterocycles. The number of piperidine rings is 1. The van der Waals surface area contributed by atoms with Crippen molar-refractivity contribution in [1.82, 2.24) is 9.29 Å². The van der Waals surface area contributed by atoms with E-state index in [1.165, 1.54) is 12.3 Å². The second-order valence-corrected chi connectivity index (χ2v) is 6.84. The molecule has 0 aliphatic carbocycles. The SMILES string of the molecule is O=S(=O)(c1cnccc1Cl)N1CCC(C(F)(F)F)CC1. The highest BCUT2D eigenvalue weighted by Crippen LogP contribution is 2.36. The molecule has 2 heterocycles. The van der Waals surface area contributed by atoms with Gasteiger partial charge in [-0.1, -0.05) is 11.6 Å². The number of hydrogen-bond acceptors (Lipinski definition) is 3. The summed E-state index contributed by atoms with van der Waals surface area (Å²) in [5.74, 6) is -1.45. The van der Waals surface area contributed by atoms with E-state index >= 15 is 0 Å². The third-order valence-electron chi connectivity index (χ3n) is 3.27. The van der Waals surface area contributed by atoms with E-state index in [-0.39, 0.29) is 35.8 Å². The largest absolute Gasteiger partial charge is 0.391 e. The molecule has 0 atom stereocenters. The molecule has 0 unspecified atom stereocenters. The van der Waals surface area contributed by atoms with Gasteiger partial charge in [0, 0.05) is 25.5 Å². The van der Waals surface area contributed by atoms with Crippen molar-refractivity contribution in [3.63, 3.8) is 0 Å². The van der Waals surface area contributed by atoms with Gasteiger partial charge < -0.3 is 0 Å². The van der Waals surface area contributed by atoms with Crippen molar-refractivity contribution in [3.8, 4) is 0 Å². The maximum Gasteiger partial charge on any atom is 0.391 e. The van der Waals surface area contributed by atoms with Gasteiger partial charge in [0.1, 0.15) is 4.90 Å². The number of nitrogens with zero attached hydrogens (tertiary/aromatic N) is 2. The zero-order chi connectivity index (χ0) is 15.0. The van der Waals surface area contributed by atoms with Crippen molar-refractivity contribution < 1.29 is 21.6 Å². The van der Waals surface area contributed by atoms with E-state index in [1.54, 1.807) is 0 Å². The zero-order valence-corrected chi connectivity index (χ0v) is 11.8. The van der Waals surface area contributed by atoms with Gasteiger partial charge in [0.15, 0.2) is 0 Å². The molecule has 1 aliphatic rings. The molecular weight excluding hydrogens is 317 g/mol. The second-order valence-electron chi connectivity index (χ2n) is 4.53. The number of rotatable bonds is 2. The Balaban J connectivity index is 2.16. The van der Waals surface area contributed by atoms with Gasteiger partial charge in [-0.05, 0) is 18.9 Å². The lowest BCUT2D eigenvalue weighted by atomic mass is 9.98. The predicted octanol–water partition coefficient (Wildman–Crippen LogP) is 2.70. The van der Waals surface area contributed by atoms with Crippen LogP contribution in [0.15, 0.2) is 23.4 Å². The van der Waals surface area contributed by atoms with Crippen LogP contribution in [0.2, 0.25) is 5.02 Å². The Hall–Kier alpha value is -0.860. The van der Waals surface area contributed by atoms with Crippen LogP contribution >= 0.6 is 11.6 Å². The molecule has 0 bridgehead atoms. The lowest BCUT2D eigenvalue weighted by molar-refractivity contribution is -0.182. The molecule has 0 saturated carbocycles. The van der Waals surface area contributed by atoms with Crippen molar-refractivity contribution in [2.75, 3.05) is 13.1 Å². The molecule has 1 fully saturated rings. The summed E-state index contributed by atoms with van der Waals surface area (Å²) in [6, 6.07) is 1.33. The van der Waals surface area contributed by atoms with Gasteiger partial charge >= 0.3 is 6.18 Å². The number of alkyl halides is 3. The van der Waals surface area contributed by atoms with Gasteiger partial charge in [-0.3, -0.25) is 4.98 Å². The number of aromatic nitrogens is 1. The highest BCUT2D eigenvalue weighted by molar-refractivity contribution is 7.89. The predicted molar refractivity (Wildman–Crippen MR) is 66.8 cm³/mol. The number of pyridine rings is 1. The van der Waals surface area contributed by atoms with Gasteiger partial charge in [0.2, 0.25) is 10.0 Å². The third kappa shape index (κ3) is 3.07. The average molecular weight is 329 g/mol. The van der Waals surface area contributed by atoms with Gasteiger partial charge in [0.25, 0.3) is 0 Å². The van der Waals surface area contributed by atoms with E-state index in [1.807, 2.05) is 0 Å². The van der Waals surface area contributed by atoms with Crippen LogP contribution in [-0.2, 0) is 10.0 Å². The van der Waals surface area contributed by atoms with Crippen LogP contribution in [0.3, 0.4) is 0 Å². The smallest absolute Gasteiger partial charge is 0.263 e. The fraction of sp³-hybridized carbons (Fsp3) is 0.545. The lowest BCUT2D eigenvalue weighted by Crippen LogP contribution is -2.42. The van der Waals surface area contributed by atoms with E-state index in [9.17, 15) is 21.6 Å². The Bertz CT molecular complexity index is 584. The van der Waals surface area contributed by atoms with Crippen LogP contribution in [0.4, 0.5) is 13.2 Å². The standard InChI is InChI=1S/C11H12ClF3N2O2S/c12-9-1-4-16-7-10(9)20(18,19)17-5-2-8(3-6-17)11(13,14)15/h1,4,7-8H,2-3,5-6H2. The molecule has 2 rings (SSSR count). The van der Waals surface area contributed by atoms with Gasteiger partial charge in [0.05, 0.1) is 10.9 Å². The summed E-state index contributed by atoms with van der Waals surface area (Å²) in [5.41, 5.74) is 0. The molecule has 1 saturated heterocycles. The monoisotopic (exact) mass is 328 g/mol. The van der Waals surface area contributed by atoms with Gasteiger partial charge in [-0.25, -0.2) is 8.42 Å². The van der Waals surface area contributed by atoms with Crippen molar-refractivity contribution >= 4 is 21.6 Å². The zero-order valence-electron chi connectivity index (χ0n) is 10.3. The van der Waals surface area contributed by atoms with Crippen LogP contribution in [0.5, 0.6) is 0 Å². The molecule has 0 radical (unpaired) electrons. The maximum atomic E-state index is 12.6. The maximum absolute atomic E-state index is 12.6. The van der Waals surface area contributed by atoms with Crippen molar-refractivity contribution in [2.24, 2.45) is 5.92 Å². The first-order valence-electron chi connectivity index (χ1n) is 5.89. The van der Waals surface area contributed by atoms with E-state index in [0.717, 1.165) is 10.5 Å². The highest BCUT2D eigenvalue weighted by Gasteiger charge is 2.43.